The quantitative estimate of drug-likeness (QED) is 0.402. The fourth-order valence-electron chi connectivity index (χ4n) is 1.42. The van der Waals surface area contributed by atoms with Gasteiger partial charge in [-0.05, 0) is 13.8 Å². The van der Waals surface area contributed by atoms with Crippen molar-refractivity contribution in [2.45, 2.75) is 40.7 Å². The zero-order valence-electron chi connectivity index (χ0n) is 12.6. The van der Waals surface area contributed by atoms with Crippen molar-refractivity contribution in [1.29, 1.82) is 0 Å². The third-order valence-corrected chi connectivity index (χ3v) is 2.74. The van der Waals surface area contributed by atoms with E-state index >= 15 is 0 Å². The summed E-state index contributed by atoms with van der Waals surface area (Å²) in [6.07, 6.45) is 2.85. The summed E-state index contributed by atoms with van der Waals surface area (Å²) in [5, 5.41) is 0. The molecule has 0 aliphatic heterocycles. The van der Waals surface area contributed by atoms with Crippen molar-refractivity contribution in [3.8, 4) is 0 Å². The maximum absolute atomic E-state index is 11.0. The molecule has 114 valence electrons. The van der Waals surface area contributed by atoms with Crippen LogP contribution in [0, 0.1) is 5.41 Å². The van der Waals surface area contributed by atoms with Gasteiger partial charge in [0.2, 0.25) is 0 Å². The lowest BCUT2D eigenvalue weighted by Crippen LogP contribution is -2.36. The van der Waals surface area contributed by atoms with E-state index in [0.717, 1.165) is 0 Å². The summed E-state index contributed by atoms with van der Waals surface area (Å²) >= 11 is 0. The highest BCUT2D eigenvalue weighted by Crippen LogP contribution is 2.27. The summed E-state index contributed by atoms with van der Waals surface area (Å²) in [4.78, 5) is 32.6. The Labute approximate surface area is 119 Å². The van der Waals surface area contributed by atoms with Gasteiger partial charge in [-0.15, -0.1) is 0 Å². The minimum Gasteiger partial charge on any atom is -0.465 e. The average Bonchev–Trinajstić information content (AvgIpc) is 2.31. The van der Waals surface area contributed by atoms with Gasteiger partial charge in [-0.1, -0.05) is 12.2 Å². The van der Waals surface area contributed by atoms with Crippen LogP contribution >= 0.6 is 0 Å². The second-order valence-corrected chi connectivity index (χ2v) is 4.74. The van der Waals surface area contributed by atoms with E-state index in [-0.39, 0.29) is 19.2 Å². The smallest absolute Gasteiger partial charge is 0.302 e. The minimum atomic E-state index is -0.697. The van der Waals surface area contributed by atoms with Crippen molar-refractivity contribution in [3.63, 3.8) is 0 Å². The molecule has 0 aliphatic rings. The molecular weight excluding hydrogens is 264 g/mol. The van der Waals surface area contributed by atoms with Gasteiger partial charge in [-0.3, -0.25) is 14.4 Å². The van der Waals surface area contributed by atoms with Crippen LogP contribution in [0.15, 0.2) is 12.2 Å². The molecular formula is C14H22O6. The van der Waals surface area contributed by atoms with Crippen LogP contribution in [0.5, 0.6) is 0 Å². The van der Waals surface area contributed by atoms with Crippen LogP contribution < -0.4 is 0 Å². The Morgan fingerprint density at radius 2 is 1.60 bits per heavy atom. The largest absolute Gasteiger partial charge is 0.465 e. The molecule has 0 radical (unpaired) electrons. The molecule has 6 nitrogen and oxygen atoms in total. The van der Waals surface area contributed by atoms with Crippen LogP contribution in [-0.2, 0) is 28.6 Å². The predicted octanol–water partition coefficient (Wildman–Crippen LogP) is 1.63. The van der Waals surface area contributed by atoms with Crippen LogP contribution in [0.4, 0.5) is 0 Å². The van der Waals surface area contributed by atoms with E-state index in [2.05, 4.69) is 0 Å². The summed E-state index contributed by atoms with van der Waals surface area (Å²) in [5.74, 6) is -1.22. The van der Waals surface area contributed by atoms with Gasteiger partial charge in [0, 0.05) is 20.8 Å². The molecule has 0 aromatic heterocycles. The molecule has 0 aromatic carbocycles. The molecule has 0 bridgehead atoms. The third kappa shape index (κ3) is 7.56. The molecule has 0 amide bonds. The van der Waals surface area contributed by atoms with Crippen LogP contribution in [0.1, 0.15) is 34.6 Å². The molecule has 0 unspecified atom stereocenters. The summed E-state index contributed by atoms with van der Waals surface area (Å²) in [6.45, 7) is 7.60. The summed E-state index contributed by atoms with van der Waals surface area (Å²) in [6, 6.07) is 0. The Bertz CT molecular complexity index is 387. The van der Waals surface area contributed by atoms with Crippen LogP contribution in [0.3, 0.4) is 0 Å². The fourth-order valence-corrected chi connectivity index (χ4v) is 1.42. The van der Waals surface area contributed by atoms with E-state index in [1.54, 1.807) is 26.0 Å². The number of rotatable bonds is 7. The van der Waals surface area contributed by atoms with Gasteiger partial charge in [-0.2, -0.15) is 0 Å². The van der Waals surface area contributed by atoms with Crippen molar-refractivity contribution >= 4 is 17.9 Å². The first kappa shape index (κ1) is 18.1. The van der Waals surface area contributed by atoms with E-state index in [0.29, 0.717) is 0 Å². The molecule has 0 saturated carbocycles. The van der Waals surface area contributed by atoms with E-state index in [9.17, 15) is 14.4 Å². The number of esters is 3. The monoisotopic (exact) mass is 286 g/mol. The normalized spacial score (nSPS) is 15.2. The maximum atomic E-state index is 11.0. The van der Waals surface area contributed by atoms with Gasteiger partial charge in [0.25, 0.3) is 0 Å². The second-order valence-electron chi connectivity index (χ2n) is 4.74. The van der Waals surface area contributed by atoms with Crippen LogP contribution in [-0.4, -0.2) is 37.2 Å². The lowest BCUT2D eigenvalue weighted by molar-refractivity contribution is -0.155. The Morgan fingerprint density at radius 1 is 1.05 bits per heavy atom. The molecule has 0 heterocycles. The molecule has 0 aromatic rings. The Hall–Kier alpha value is -1.85. The first-order chi connectivity index (χ1) is 9.17. The topological polar surface area (TPSA) is 78.9 Å². The van der Waals surface area contributed by atoms with Crippen molar-refractivity contribution in [1.82, 2.24) is 0 Å². The number of hydrogen-bond acceptors (Lipinski definition) is 6. The van der Waals surface area contributed by atoms with Crippen LogP contribution in [0.25, 0.3) is 0 Å². The van der Waals surface area contributed by atoms with Crippen molar-refractivity contribution in [2.75, 3.05) is 13.2 Å². The minimum absolute atomic E-state index is 0.0628. The van der Waals surface area contributed by atoms with Gasteiger partial charge >= 0.3 is 17.9 Å². The van der Waals surface area contributed by atoms with Gasteiger partial charge < -0.3 is 14.2 Å². The van der Waals surface area contributed by atoms with Crippen LogP contribution in [0.2, 0.25) is 0 Å². The highest BCUT2D eigenvalue weighted by molar-refractivity contribution is 5.67. The molecule has 0 fully saturated rings. The molecule has 0 N–H and O–H groups in total. The highest BCUT2D eigenvalue weighted by Gasteiger charge is 2.32. The van der Waals surface area contributed by atoms with Gasteiger partial charge in [0.1, 0.15) is 19.3 Å². The van der Waals surface area contributed by atoms with Crippen molar-refractivity contribution in [3.05, 3.63) is 12.2 Å². The number of carbonyl (C=O) groups excluding carboxylic acids is 3. The molecule has 20 heavy (non-hydrogen) atoms. The summed E-state index contributed by atoms with van der Waals surface area (Å²) < 4.78 is 14.9. The van der Waals surface area contributed by atoms with E-state index < -0.39 is 23.5 Å². The van der Waals surface area contributed by atoms with E-state index in [1.165, 1.54) is 20.8 Å². The lowest BCUT2D eigenvalue weighted by atomic mass is 9.85. The lowest BCUT2D eigenvalue weighted by Gasteiger charge is -2.31. The molecule has 0 spiro atoms. The molecule has 0 aliphatic carbocycles. The summed E-state index contributed by atoms with van der Waals surface area (Å²) in [5.41, 5.74) is -0.697. The first-order valence-electron chi connectivity index (χ1n) is 6.29. The molecule has 6 heteroatoms. The highest BCUT2D eigenvalue weighted by atomic mass is 16.6. The standard InChI is InChI=1S/C14H22O6/c1-10(20-13(4)17)14(5,9-19-12(3)16)7-6-8-18-11(2)15/h6-7,10H,8-9H2,1-5H3/b7-6+/t10-,14-/m1/s1. The molecule has 2 atom stereocenters. The zero-order valence-corrected chi connectivity index (χ0v) is 12.6. The molecule has 0 rings (SSSR count). The maximum Gasteiger partial charge on any atom is 0.302 e. The van der Waals surface area contributed by atoms with E-state index in [4.69, 9.17) is 14.2 Å². The van der Waals surface area contributed by atoms with Gasteiger partial charge in [-0.25, -0.2) is 0 Å². The number of ether oxygens (including phenoxy) is 3. The average molecular weight is 286 g/mol. The number of carbonyl (C=O) groups is 3. The van der Waals surface area contributed by atoms with E-state index in [1.807, 2.05) is 0 Å². The second kappa shape index (κ2) is 8.35. The first-order valence-corrected chi connectivity index (χ1v) is 6.29. The Morgan fingerprint density at radius 3 is 2.05 bits per heavy atom. The predicted molar refractivity (Wildman–Crippen MR) is 71.7 cm³/mol. The van der Waals surface area contributed by atoms with Crippen molar-refractivity contribution < 1.29 is 28.6 Å². The fraction of sp³-hybridized carbons (Fsp3) is 0.643. The summed E-state index contributed by atoms with van der Waals surface area (Å²) in [7, 11) is 0. The van der Waals surface area contributed by atoms with Crippen molar-refractivity contribution in [2.24, 2.45) is 5.41 Å². The molecule has 0 saturated heterocycles. The third-order valence-electron chi connectivity index (χ3n) is 2.74. The van der Waals surface area contributed by atoms with Gasteiger partial charge in [0.05, 0.1) is 5.41 Å². The SMILES string of the molecule is CC(=O)OC/C=C/[C@](C)(COC(C)=O)[C@@H](C)OC(C)=O. The zero-order chi connectivity index (χ0) is 15.8. The Kier molecular flexibility index (Phi) is 7.57. The van der Waals surface area contributed by atoms with Gasteiger partial charge in [0.15, 0.2) is 0 Å². The Balaban J connectivity index is 4.79. The number of hydrogen-bond donors (Lipinski definition) is 0.